The smallest absolute Gasteiger partial charge is 0.255 e. The number of carbonyl (C=O) groups excluding carboxylic acids is 2. The highest BCUT2D eigenvalue weighted by Crippen LogP contribution is 2.28. The number of hydrogen-bond donors (Lipinski definition) is 4. The number of morpholine rings is 1. The molecule has 1 atom stereocenters. The predicted molar refractivity (Wildman–Crippen MR) is 145 cm³/mol. The summed E-state index contributed by atoms with van der Waals surface area (Å²) < 4.78 is 7.23. The van der Waals surface area contributed by atoms with Crippen LogP contribution in [-0.4, -0.2) is 86.9 Å². The van der Waals surface area contributed by atoms with Crippen LogP contribution in [-0.2, 0) is 16.0 Å². The van der Waals surface area contributed by atoms with Crippen molar-refractivity contribution < 1.29 is 24.5 Å². The molecule has 1 aliphatic heterocycles. The van der Waals surface area contributed by atoms with Gasteiger partial charge in [0.2, 0.25) is 5.91 Å². The molecule has 39 heavy (non-hydrogen) atoms. The highest BCUT2D eigenvalue weighted by atomic mass is 16.5. The molecule has 11 heteroatoms. The normalized spacial score (nSPS) is 14.3. The summed E-state index contributed by atoms with van der Waals surface area (Å²) in [5.41, 5.74) is 4.60. The first-order valence-electron chi connectivity index (χ1n) is 12.7. The van der Waals surface area contributed by atoms with E-state index in [1.165, 1.54) is 0 Å². The van der Waals surface area contributed by atoms with E-state index >= 15 is 0 Å². The summed E-state index contributed by atoms with van der Waals surface area (Å²) in [7, 11) is 0. The van der Waals surface area contributed by atoms with Crippen LogP contribution in [0, 0.1) is 0 Å². The molecular formula is C28H30N6O5. The van der Waals surface area contributed by atoms with Crippen molar-refractivity contribution in [2.75, 3.05) is 44.8 Å². The van der Waals surface area contributed by atoms with E-state index in [0.29, 0.717) is 43.3 Å². The summed E-state index contributed by atoms with van der Waals surface area (Å²) in [5, 5.41) is 24.3. The van der Waals surface area contributed by atoms with Crippen molar-refractivity contribution >= 4 is 29.0 Å². The third-order valence-corrected chi connectivity index (χ3v) is 6.43. The van der Waals surface area contributed by atoms with Crippen LogP contribution in [0.25, 0.3) is 16.8 Å². The number of fused-ring (bicyclic) bond motifs is 1. The monoisotopic (exact) mass is 530 g/mol. The molecule has 1 unspecified atom stereocenters. The first kappa shape index (κ1) is 26.3. The van der Waals surface area contributed by atoms with E-state index in [2.05, 4.69) is 20.6 Å². The van der Waals surface area contributed by atoms with Gasteiger partial charge >= 0.3 is 0 Å². The maximum atomic E-state index is 12.7. The number of pyridine rings is 2. The van der Waals surface area contributed by atoms with Gasteiger partial charge in [0.05, 0.1) is 43.6 Å². The quantitative estimate of drug-likeness (QED) is 0.256. The second-order valence-corrected chi connectivity index (χ2v) is 9.28. The number of ether oxygens (including phenoxy) is 1. The van der Waals surface area contributed by atoms with Crippen LogP contribution in [0.4, 0.5) is 11.5 Å². The summed E-state index contributed by atoms with van der Waals surface area (Å²) in [6, 6.07) is 13.1. The fourth-order valence-corrected chi connectivity index (χ4v) is 4.37. The number of hydrogen-bond acceptors (Lipinski definition) is 8. The number of carbonyl (C=O) groups is 2. The third-order valence-electron chi connectivity index (χ3n) is 6.43. The van der Waals surface area contributed by atoms with E-state index in [1.807, 2.05) is 47.1 Å². The van der Waals surface area contributed by atoms with Crippen molar-refractivity contribution in [1.29, 1.82) is 0 Å². The van der Waals surface area contributed by atoms with Crippen molar-refractivity contribution in [3.05, 3.63) is 78.4 Å². The summed E-state index contributed by atoms with van der Waals surface area (Å²) in [5.74, 6) is 0.271. The van der Waals surface area contributed by atoms with Gasteiger partial charge in [-0.25, -0.2) is 9.97 Å². The Morgan fingerprint density at radius 1 is 1.08 bits per heavy atom. The van der Waals surface area contributed by atoms with Crippen LogP contribution in [0.15, 0.2) is 67.3 Å². The zero-order valence-corrected chi connectivity index (χ0v) is 21.3. The molecule has 0 aliphatic carbocycles. The number of aliphatic hydroxyl groups is 2. The molecule has 4 heterocycles. The van der Waals surface area contributed by atoms with E-state index in [1.54, 1.807) is 29.4 Å². The number of anilines is 2. The number of benzene rings is 1. The van der Waals surface area contributed by atoms with Gasteiger partial charge in [-0.2, -0.15) is 0 Å². The lowest BCUT2D eigenvalue weighted by Gasteiger charge is -2.26. The Balaban J connectivity index is 1.34. The van der Waals surface area contributed by atoms with E-state index in [-0.39, 0.29) is 24.8 Å². The van der Waals surface area contributed by atoms with Crippen molar-refractivity contribution in [1.82, 2.24) is 24.6 Å². The van der Waals surface area contributed by atoms with Crippen LogP contribution in [0.3, 0.4) is 0 Å². The van der Waals surface area contributed by atoms with E-state index in [9.17, 15) is 14.7 Å². The second kappa shape index (κ2) is 12.0. The van der Waals surface area contributed by atoms with E-state index in [0.717, 1.165) is 22.4 Å². The summed E-state index contributed by atoms with van der Waals surface area (Å²) in [4.78, 5) is 35.7. The molecule has 4 aromatic rings. The zero-order valence-electron chi connectivity index (χ0n) is 21.3. The molecule has 0 radical (unpaired) electrons. The Hall–Kier alpha value is -4.32. The topological polar surface area (TPSA) is 141 Å². The van der Waals surface area contributed by atoms with Crippen molar-refractivity contribution in [2.24, 2.45) is 0 Å². The fraction of sp³-hybridized carbons (Fsp3) is 0.286. The molecule has 1 aromatic carbocycles. The first-order chi connectivity index (χ1) is 19.0. The standard InChI is InChI=1S/C28H30N6O5/c35-18-23(36)16-31-26(37)13-19-2-1-3-20(12-19)22-14-24(27-29-6-7-34(27)17-22)32-25-5-4-21(15-30-25)28(38)33-8-10-39-11-9-33/h1-7,12,14-15,17,23,35-36H,8-11,13,16,18H2,(H,30,32)(H,31,37). The maximum Gasteiger partial charge on any atom is 0.255 e. The molecule has 0 bridgehead atoms. The summed E-state index contributed by atoms with van der Waals surface area (Å²) >= 11 is 0. The molecule has 202 valence electrons. The van der Waals surface area contributed by atoms with Crippen LogP contribution >= 0.6 is 0 Å². The van der Waals surface area contributed by atoms with Gasteiger partial charge in [-0.15, -0.1) is 0 Å². The molecule has 0 spiro atoms. The highest BCUT2D eigenvalue weighted by Gasteiger charge is 2.19. The minimum Gasteiger partial charge on any atom is -0.394 e. The van der Waals surface area contributed by atoms with Gasteiger partial charge < -0.3 is 34.9 Å². The lowest BCUT2D eigenvalue weighted by Crippen LogP contribution is -2.40. The zero-order chi connectivity index (χ0) is 27.2. The molecule has 5 rings (SSSR count). The predicted octanol–water partition coefficient (Wildman–Crippen LogP) is 1.62. The van der Waals surface area contributed by atoms with Gasteiger partial charge in [-0.1, -0.05) is 24.3 Å². The molecule has 0 saturated carbocycles. The molecule has 1 aliphatic rings. The minimum atomic E-state index is -0.982. The number of nitrogens with zero attached hydrogens (tertiary/aromatic N) is 4. The largest absolute Gasteiger partial charge is 0.394 e. The fourth-order valence-electron chi connectivity index (χ4n) is 4.37. The van der Waals surface area contributed by atoms with Gasteiger partial charge in [0.25, 0.3) is 5.91 Å². The number of aromatic nitrogens is 3. The number of nitrogens with one attached hydrogen (secondary N) is 2. The van der Waals surface area contributed by atoms with Gasteiger partial charge in [-0.05, 0) is 29.3 Å². The Bertz CT molecular complexity index is 1450. The Kier molecular flexibility index (Phi) is 8.11. The summed E-state index contributed by atoms with van der Waals surface area (Å²) in [6.07, 6.45) is 6.25. The molecule has 2 amide bonds. The lowest BCUT2D eigenvalue weighted by molar-refractivity contribution is -0.121. The minimum absolute atomic E-state index is 0.00224. The molecule has 1 saturated heterocycles. The number of aliphatic hydroxyl groups excluding tert-OH is 2. The second-order valence-electron chi connectivity index (χ2n) is 9.28. The molecule has 3 aromatic heterocycles. The lowest BCUT2D eigenvalue weighted by atomic mass is 10.0. The molecule has 1 fully saturated rings. The number of amides is 2. The van der Waals surface area contributed by atoms with E-state index < -0.39 is 12.7 Å². The maximum absolute atomic E-state index is 12.7. The third kappa shape index (κ3) is 6.40. The Morgan fingerprint density at radius 3 is 2.69 bits per heavy atom. The number of imidazole rings is 1. The Labute approximate surface area is 225 Å². The number of rotatable bonds is 9. The van der Waals surface area contributed by atoms with E-state index in [4.69, 9.17) is 9.84 Å². The van der Waals surface area contributed by atoms with Crippen molar-refractivity contribution in [3.63, 3.8) is 0 Å². The average molecular weight is 531 g/mol. The van der Waals surface area contributed by atoms with Crippen LogP contribution in [0.1, 0.15) is 15.9 Å². The molecule has 4 N–H and O–H groups in total. The van der Waals surface area contributed by atoms with Crippen molar-refractivity contribution in [3.8, 4) is 11.1 Å². The van der Waals surface area contributed by atoms with Crippen LogP contribution < -0.4 is 10.6 Å². The van der Waals surface area contributed by atoms with Crippen LogP contribution in [0.5, 0.6) is 0 Å². The summed E-state index contributed by atoms with van der Waals surface area (Å²) in [6.45, 7) is 1.82. The van der Waals surface area contributed by atoms with Gasteiger partial charge in [0, 0.05) is 50.0 Å². The van der Waals surface area contributed by atoms with Crippen LogP contribution in [0.2, 0.25) is 0 Å². The van der Waals surface area contributed by atoms with Gasteiger partial charge in [0.1, 0.15) is 5.82 Å². The van der Waals surface area contributed by atoms with Gasteiger partial charge in [0.15, 0.2) is 5.65 Å². The molecule has 11 nitrogen and oxygen atoms in total. The SMILES string of the molecule is O=C(Cc1cccc(-c2cc(Nc3ccc(C(=O)N4CCOCC4)cn3)c3nccn3c2)c1)NCC(O)CO. The molecular weight excluding hydrogens is 500 g/mol. The van der Waals surface area contributed by atoms with Crippen molar-refractivity contribution in [2.45, 2.75) is 12.5 Å². The van der Waals surface area contributed by atoms with Gasteiger partial charge in [-0.3, -0.25) is 9.59 Å². The first-order valence-corrected chi connectivity index (χ1v) is 12.7. The highest BCUT2D eigenvalue weighted by molar-refractivity contribution is 5.94. The average Bonchev–Trinajstić information content (AvgIpc) is 3.46. The Morgan fingerprint density at radius 2 is 1.92 bits per heavy atom.